The molecule has 6 rings (SSSR count). The zero-order valence-corrected chi connectivity index (χ0v) is 23.7. The van der Waals surface area contributed by atoms with Crippen molar-refractivity contribution in [2.75, 3.05) is 0 Å². The molecule has 0 aliphatic carbocycles. The summed E-state index contributed by atoms with van der Waals surface area (Å²) < 4.78 is 34.2. The Kier molecular flexibility index (Phi) is 7.35. The normalized spacial score (nSPS) is 11.9. The van der Waals surface area contributed by atoms with E-state index in [0.29, 0.717) is 21.6 Å². The molecule has 43 heavy (non-hydrogen) atoms. The van der Waals surface area contributed by atoms with Crippen molar-refractivity contribution in [3.05, 3.63) is 123 Å². The fourth-order valence-electron chi connectivity index (χ4n) is 4.94. The summed E-state index contributed by atoms with van der Waals surface area (Å²) in [4.78, 5) is 0. The van der Waals surface area contributed by atoms with E-state index in [9.17, 15) is 14.9 Å². The number of benzene rings is 2. The number of rotatable bonds is 7. The predicted octanol–water partition coefficient (Wildman–Crippen LogP) is 5.45. The van der Waals surface area contributed by atoms with E-state index >= 15 is 4.39 Å². The van der Waals surface area contributed by atoms with Gasteiger partial charge in [-0.05, 0) is 35.9 Å². The fourth-order valence-corrected chi connectivity index (χ4v) is 5.22. The van der Waals surface area contributed by atoms with Gasteiger partial charge in [0.2, 0.25) is 5.69 Å². The maximum absolute atomic E-state index is 15.4. The second-order valence-corrected chi connectivity index (χ2v) is 10.4. The molecule has 214 valence electrons. The van der Waals surface area contributed by atoms with Crippen molar-refractivity contribution in [1.82, 2.24) is 34.6 Å². The highest BCUT2D eigenvalue weighted by molar-refractivity contribution is 6.31. The van der Waals surface area contributed by atoms with Crippen LogP contribution in [0, 0.1) is 28.2 Å². The van der Waals surface area contributed by atoms with E-state index in [1.165, 1.54) is 41.5 Å². The van der Waals surface area contributed by atoms with Crippen LogP contribution in [0.3, 0.4) is 0 Å². The van der Waals surface area contributed by atoms with Gasteiger partial charge in [-0.15, -0.1) is 5.10 Å². The molecule has 14 heteroatoms. The Labute approximate surface area is 253 Å². The molecule has 0 aliphatic rings. The summed E-state index contributed by atoms with van der Waals surface area (Å²) in [6.07, 6.45) is 7.67. The van der Waals surface area contributed by atoms with Crippen molar-refractivity contribution in [2.24, 2.45) is 7.05 Å². The first-order valence-electron chi connectivity index (χ1n) is 12.7. The zero-order valence-electron chi connectivity index (χ0n) is 22.2. The highest BCUT2D eigenvalue weighted by atomic mass is 35.5. The molecule has 0 saturated carbocycles. The van der Waals surface area contributed by atoms with Gasteiger partial charge in [-0.25, -0.2) is 13.5 Å². The standard InChI is InChI=1S/C29H19Cl2F2N9O/c1-39-29(19(11-34)12-35-39)20-13-36-40(14-20)25(10-17-2-5-21(32)6-3-17)23-8-4-18(15-42(23)43)27-24(9-7-22(30)28(27)33)41-16-26(31)37-38-41/h2-9,12-16,25H,10H2,1H3/t25-/m0/s1. The lowest BCUT2D eigenvalue weighted by molar-refractivity contribution is -0.615. The van der Waals surface area contributed by atoms with Crippen LogP contribution in [0.15, 0.2) is 79.5 Å². The molecule has 0 N–H and O–H groups in total. The average Bonchev–Trinajstić information content (AvgIpc) is 3.74. The molecule has 0 saturated heterocycles. The number of aryl methyl sites for hydroxylation is 1. The molecule has 6 aromatic rings. The smallest absolute Gasteiger partial charge is 0.217 e. The number of halogens is 4. The lowest BCUT2D eigenvalue weighted by atomic mass is 10.00. The number of hydrogen-bond donors (Lipinski definition) is 0. The van der Waals surface area contributed by atoms with Crippen molar-refractivity contribution in [1.29, 1.82) is 5.26 Å². The molecule has 0 radical (unpaired) electrons. The molecule has 2 aromatic carbocycles. The van der Waals surface area contributed by atoms with Crippen LogP contribution >= 0.6 is 23.2 Å². The van der Waals surface area contributed by atoms with E-state index in [1.54, 1.807) is 59.1 Å². The number of nitriles is 1. The van der Waals surface area contributed by atoms with Gasteiger partial charge < -0.3 is 5.21 Å². The first-order chi connectivity index (χ1) is 20.7. The van der Waals surface area contributed by atoms with E-state index < -0.39 is 17.7 Å². The highest BCUT2D eigenvalue weighted by Gasteiger charge is 2.27. The summed E-state index contributed by atoms with van der Waals surface area (Å²) >= 11 is 12.0. The number of pyridine rings is 1. The third kappa shape index (κ3) is 5.31. The van der Waals surface area contributed by atoms with E-state index in [0.717, 1.165) is 5.56 Å². The molecule has 4 heterocycles. The molecule has 0 bridgehead atoms. The molecule has 0 fully saturated rings. The number of hydrogen-bond acceptors (Lipinski definition) is 6. The third-order valence-electron chi connectivity index (χ3n) is 6.96. The summed E-state index contributed by atoms with van der Waals surface area (Å²) in [6, 6.07) is 13.5. The van der Waals surface area contributed by atoms with Crippen LogP contribution in [0.2, 0.25) is 10.2 Å². The van der Waals surface area contributed by atoms with Crippen molar-refractivity contribution in [3.8, 4) is 34.1 Å². The molecule has 1 atom stereocenters. The molecular weight excluding hydrogens is 599 g/mol. The van der Waals surface area contributed by atoms with Crippen molar-refractivity contribution in [2.45, 2.75) is 12.5 Å². The summed E-state index contributed by atoms with van der Waals surface area (Å²) in [7, 11) is 1.71. The van der Waals surface area contributed by atoms with Gasteiger partial charge in [-0.2, -0.15) is 20.2 Å². The van der Waals surface area contributed by atoms with Crippen LogP contribution in [-0.2, 0) is 13.5 Å². The minimum Gasteiger partial charge on any atom is -0.618 e. The predicted molar refractivity (Wildman–Crippen MR) is 153 cm³/mol. The minimum absolute atomic E-state index is 0.0296. The maximum Gasteiger partial charge on any atom is 0.217 e. The zero-order chi connectivity index (χ0) is 30.2. The summed E-state index contributed by atoms with van der Waals surface area (Å²) in [5.74, 6) is -1.14. The summed E-state index contributed by atoms with van der Waals surface area (Å²) in [6.45, 7) is 0. The van der Waals surface area contributed by atoms with Crippen molar-refractivity contribution in [3.63, 3.8) is 0 Å². The maximum atomic E-state index is 15.4. The van der Waals surface area contributed by atoms with E-state index in [1.807, 2.05) is 0 Å². The van der Waals surface area contributed by atoms with Gasteiger partial charge >= 0.3 is 0 Å². The summed E-state index contributed by atoms with van der Waals surface area (Å²) in [5, 5.41) is 39.5. The van der Waals surface area contributed by atoms with Crippen LogP contribution in [0.25, 0.3) is 28.1 Å². The monoisotopic (exact) mass is 617 g/mol. The van der Waals surface area contributed by atoms with Crippen LogP contribution in [0.1, 0.15) is 22.9 Å². The van der Waals surface area contributed by atoms with Crippen molar-refractivity contribution < 1.29 is 13.5 Å². The molecule has 0 amide bonds. The van der Waals surface area contributed by atoms with Gasteiger partial charge in [0.25, 0.3) is 0 Å². The fraction of sp³-hybridized carbons (Fsp3) is 0.103. The molecular formula is C29H19Cl2F2N9O. The van der Waals surface area contributed by atoms with Crippen LogP contribution < -0.4 is 4.73 Å². The van der Waals surface area contributed by atoms with E-state index in [2.05, 4.69) is 26.6 Å². The van der Waals surface area contributed by atoms with Crippen LogP contribution in [0.4, 0.5) is 8.78 Å². The van der Waals surface area contributed by atoms with Crippen molar-refractivity contribution >= 4 is 23.2 Å². The first-order valence-corrected chi connectivity index (χ1v) is 13.5. The first kappa shape index (κ1) is 28.0. The Morgan fingerprint density at radius 3 is 2.49 bits per heavy atom. The SMILES string of the molecule is Cn1ncc(C#N)c1-c1cnn([C@@H](Cc2ccc(F)cc2)c2ccc(-c3c(-n4cc(Cl)nn4)ccc(Cl)c3F)c[n+]2[O-])c1. The van der Waals surface area contributed by atoms with E-state index in [4.69, 9.17) is 23.2 Å². The quantitative estimate of drug-likeness (QED) is 0.174. The molecule has 0 spiro atoms. The number of nitrogens with zero attached hydrogens (tertiary/aromatic N) is 9. The van der Waals surface area contributed by atoms with Gasteiger partial charge in [0.05, 0.1) is 51.7 Å². The lowest BCUT2D eigenvalue weighted by Crippen LogP contribution is -2.36. The Bertz CT molecular complexity index is 2010. The van der Waals surface area contributed by atoms with Gasteiger partial charge in [-0.3, -0.25) is 9.36 Å². The molecule has 0 unspecified atom stereocenters. The Morgan fingerprint density at radius 1 is 1.00 bits per heavy atom. The van der Waals surface area contributed by atoms with Gasteiger partial charge in [0.1, 0.15) is 17.9 Å². The van der Waals surface area contributed by atoms with Crippen LogP contribution in [0.5, 0.6) is 0 Å². The Morgan fingerprint density at radius 2 is 1.79 bits per heavy atom. The van der Waals surface area contributed by atoms with Gasteiger partial charge in [-0.1, -0.05) is 40.5 Å². The highest BCUT2D eigenvalue weighted by Crippen LogP contribution is 2.34. The number of aromatic nitrogens is 8. The third-order valence-corrected chi connectivity index (χ3v) is 7.42. The second kappa shape index (κ2) is 11.3. The lowest BCUT2D eigenvalue weighted by Gasteiger charge is -2.18. The second-order valence-electron chi connectivity index (χ2n) is 9.61. The average molecular weight is 618 g/mol. The summed E-state index contributed by atoms with van der Waals surface area (Å²) in [5.41, 5.74) is 3.12. The topological polar surface area (TPSA) is 117 Å². The Balaban J connectivity index is 1.45. The molecule has 4 aromatic heterocycles. The van der Waals surface area contributed by atoms with Gasteiger partial charge in [0.15, 0.2) is 17.2 Å². The van der Waals surface area contributed by atoms with Gasteiger partial charge in [0, 0.05) is 31.3 Å². The Hall–Kier alpha value is -5.12. The largest absolute Gasteiger partial charge is 0.618 e. The van der Waals surface area contributed by atoms with E-state index in [-0.39, 0.29) is 39.1 Å². The minimum atomic E-state index is -0.748. The molecule has 10 nitrogen and oxygen atoms in total. The molecule has 0 aliphatic heterocycles. The van der Waals surface area contributed by atoms with Crippen LogP contribution in [-0.4, -0.2) is 34.6 Å².